The number of carboxylic acids is 1. The van der Waals surface area contributed by atoms with Gasteiger partial charge >= 0.3 is 11.9 Å². The zero-order valence-corrected chi connectivity index (χ0v) is 38.0. The fourth-order valence-electron chi connectivity index (χ4n) is 7.80. The summed E-state index contributed by atoms with van der Waals surface area (Å²) in [7, 11) is 0. The van der Waals surface area contributed by atoms with Crippen LogP contribution in [0.25, 0.3) is 0 Å². The van der Waals surface area contributed by atoms with Gasteiger partial charge in [0.25, 0.3) is 0 Å². The molecular weight excluding hydrogens is 709 g/mol. The van der Waals surface area contributed by atoms with E-state index in [2.05, 4.69) is 31.3 Å². The average Bonchev–Trinajstić information content (AvgIpc) is 3.20. The van der Waals surface area contributed by atoms with Crippen molar-refractivity contribution in [2.24, 2.45) is 5.73 Å². The fraction of sp³-hybridized carbons (Fsp3) is 0.900. The number of ether oxygens (including phenoxy) is 1. The van der Waals surface area contributed by atoms with Crippen molar-refractivity contribution in [3.8, 4) is 0 Å². The largest absolute Gasteiger partial charge is 0.480 e. The number of carbonyl (C=O) groups is 3. The van der Waals surface area contributed by atoms with Crippen LogP contribution in [0.2, 0.25) is 0 Å². The zero-order chi connectivity index (χ0) is 41.7. The van der Waals surface area contributed by atoms with Gasteiger partial charge < -0.3 is 20.9 Å². The van der Waals surface area contributed by atoms with E-state index < -0.39 is 12.0 Å². The minimum absolute atomic E-state index is 0.0158. The van der Waals surface area contributed by atoms with Crippen LogP contribution >= 0.6 is 0 Å². The van der Waals surface area contributed by atoms with Crippen molar-refractivity contribution in [1.82, 2.24) is 5.32 Å². The lowest BCUT2D eigenvalue weighted by atomic mass is 10.0. The molecule has 7 nitrogen and oxygen atoms in total. The van der Waals surface area contributed by atoms with Gasteiger partial charge in [-0.15, -0.1) is 0 Å². The predicted molar refractivity (Wildman–Crippen MR) is 244 cm³/mol. The maximum atomic E-state index is 12.9. The van der Waals surface area contributed by atoms with Gasteiger partial charge in [-0.25, -0.2) is 4.79 Å². The van der Waals surface area contributed by atoms with Gasteiger partial charge in [0.05, 0.1) is 0 Å². The molecule has 336 valence electrons. The first-order valence-corrected chi connectivity index (χ1v) is 25.0. The Kier molecular flexibility index (Phi) is 43.7. The monoisotopic (exact) mass is 805 g/mol. The van der Waals surface area contributed by atoms with Crippen LogP contribution in [0.15, 0.2) is 12.2 Å². The van der Waals surface area contributed by atoms with E-state index in [1.807, 2.05) is 0 Å². The number of carboxylic acid groups (broad SMARTS) is 1. The van der Waals surface area contributed by atoms with Crippen LogP contribution in [-0.2, 0) is 19.1 Å². The molecule has 0 aliphatic carbocycles. The Balaban J connectivity index is 4.25. The van der Waals surface area contributed by atoms with Gasteiger partial charge in [0, 0.05) is 12.8 Å². The van der Waals surface area contributed by atoms with E-state index in [0.29, 0.717) is 32.2 Å². The van der Waals surface area contributed by atoms with Crippen LogP contribution < -0.4 is 11.1 Å². The molecule has 0 aromatic rings. The number of nitrogens with one attached hydrogen (secondary N) is 1. The molecule has 0 aromatic carbocycles. The molecule has 0 aromatic heterocycles. The van der Waals surface area contributed by atoms with Crippen LogP contribution in [-0.4, -0.2) is 41.6 Å². The minimum Gasteiger partial charge on any atom is -0.480 e. The minimum atomic E-state index is -1.00. The molecule has 2 unspecified atom stereocenters. The van der Waals surface area contributed by atoms with E-state index in [0.717, 1.165) is 64.2 Å². The highest BCUT2D eigenvalue weighted by atomic mass is 16.5. The summed E-state index contributed by atoms with van der Waals surface area (Å²) in [5.41, 5.74) is 5.50. The van der Waals surface area contributed by atoms with Gasteiger partial charge in [-0.3, -0.25) is 9.59 Å². The van der Waals surface area contributed by atoms with Crippen molar-refractivity contribution in [3.05, 3.63) is 12.2 Å². The van der Waals surface area contributed by atoms with E-state index in [1.165, 1.54) is 167 Å². The Morgan fingerprint density at radius 2 is 0.860 bits per heavy atom. The summed E-state index contributed by atoms with van der Waals surface area (Å²) >= 11 is 0. The van der Waals surface area contributed by atoms with Crippen molar-refractivity contribution in [3.63, 3.8) is 0 Å². The third-order valence-electron chi connectivity index (χ3n) is 11.6. The molecule has 7 heteroatoms. The third-order valence-corrected chi connectivity index (χ3v) is 11.6. The molecule has 0 bridgehead atoms. The molecule has 0 rings (SSSR count). The zero-order valence-electron chi connectivity index (χ0n) is 38.0. The van der Waals surface area contributed by atoms with E-state index in [4.69, 9.17) is 10.5 Å². The SMILES string of the molecule is CCCCCCCCC/C=C\CCCCCCCCCC(=O)OC(CCCCCCCCCCCCCCC)CCCCCCCC(=O)NC(CCCN)C(=O)O. The predicted octanol–water partition coefficient (Wildman–Crippen LogP) is 14.6. The molecule has 0 aliphatic heterocycles. The summed E-state index contributed by atoms with van der Waals surface area (Å²) in [4.78, 5) is 36.5. The Labute approximate surface area is 353 Å². The molecule has 4 N–H and O–H groups in total. The standard InChI is InChI=1S/C50H96N2O5/c1-3-5-7-9-11-13-15-17-18-19-20-21-23-25-27-29-34-38-44-49(54)57-46(40-35-31-28-26-24-22-16-14-12-10-8-6-4-2)41-36-32-30-33-37-43-48(53)52-47(50(55)56)42-39-45-51/h18-19,46-47H,3-17,20-45,51H2,1-2H3,(H,52,53)(H,55,56)/b19-18-. The number of rotatable bonds is 46. The Hall–Kier alpha value is -1.89. The number of hydrogen-bond donors (Lipinski definition) is 3. The van der Waals surface area contributed by atoms with Crippen molar-refractivity contribution in [1.29, 1.82) is 0 Å². The Morgan fingerprint density at radius 1 is 0.491 bits per heavy atom. The van der Waals surface area contributed by atoms with E-state index in [-0.39, 0.29) is 18.0 Å². The molecule has 0 spiro atoms. The molecule has 0 heterocycles. The highest BCUT2D eigenvalue weighted by molar-refractivity contribution is 5.83. The first-order chi connectivity index (χ1) is 27.9. The van der Waals surface area contributed by atoms with Gasteiger partial charge in [-0.1, -0.05) is 193 Å². The highest BCUT2D eigenvalue weighted by Crippen LogP contribution is 2.19. The van der Waals surface area contributed by atoms with Crippen LogP contribution in [0, 0.1) is 0 Å². The molecule has 1 amide bonds. The average molecular weight is 805 g/mol. The van der Waals surface area contributed by atoms with Crippen LogP contribution in [0.4, 0.5) is 0 Å². The second-order valence-electron chi connectivity index (χ2n) is 17.2. The summed E-state index contributed by atoms with van der Waals surface area (Å²) in [6.07, 6.45) is 51.2. The van der Waals surface area contributed by atoms with Gasteiger partial charge in [0.2, 0.25) is 5.91 Å². The number of nitrogens with two attached hydrogens (primary N) is 1. The number of hydrogen-bond acceptors (Lipinski definition) is 5. The highest BCUT2D eigenvalue weighted by Gasteiger charge is 2.19. The molecule has 2 atom stereocenters. The maximum Gasteiger partial charge on any atom is 0.326 e. The molecule has 0 saturated heterocycles. The second kappa shape index (κ2) is 45.2. The lowest BCUT2D eigenvalue weighted by molar-refractivity contribution is -0.150. The van der Waals surface area contributed by atoms with Crippen molar-refractivity contribution >= 4 is 17.8 Å². The first-order valence-electron chi connectivity index (χ1n) is 25.0. The van der Waals surface area contributed by atoms with Crippen molar-refractivity contribution in [2.45, 2.75) is 283 Å². The number of carbonyl (C=O) groups excluding carboxylic acids is 2. The summed E-state index contributed by atoms with van der Waals surface area (Å²) in [6.45, 7) is 4.97. The molecule has 0 radical (unpaired) electrons. The van der Waals surface area contributed by atoms with E-state index >= 15 is 0 Å². The number of aliphatic carboxylic acids is 1. The van der Waals surface area contributed by atoms with Crippen molar-refractivity contribution < 1.29 is 24.2 Å². The number of unbranched alkanes of at least 4 members (excludes halogenated alkanes) is 30. The van der Waals surface area contributed by atoms with Gasteiger partial charge in [0.1, 0.15) is 12.1 Å². The molecular formula is C50H96N2O5. The van der Waals surface area contributed by atoms with E-state index in [1.54, 1.807) is 0 Å². The molecule has 0 fully saturated rings. The molecule has 0 aliphatic rings. The maximum absolute atomic E-state index is 12.9. The van der Waals surface area contributed by atoms with Crippen LogP contribution in [0.3, 0.4) is 0 Å². The van der Waals surface area contributed by atoms with Crippen LogP contribution in [0.5, 0.6) is 0 Å². The Bertz CT molecular complexity index is 909. The number of amides is 1. The Morgan fingerprint density at radius 3 is 1.26 bits per heavy atom. The van der Waals surface area contributed by atoms with E-state index in [9.17, 15) is 19.5 Å². The quantitative estimate of drug-likeness (QED) is 0.0320. The molecule has 57 heavy (non-hydrogen) atoms. The number of allylic oxidation sites excluding steroid dienone is 2. The summed E-state index contributed by atoms with van der Waals surface area (Å²) in [5.74, 6) is -1.22. The number of esters is 1. The third kappa shape index (κ3) is 42.1. The van der Waals surface area contributed by atoms with Gasteiger partial charge in [0.15, 0.2) is 0 Å². The van der Waals surface area contributed by atoms with Crippen LogP contribution in [0.1, 0.15) is 271 Å². The van der Waals surface area contributed by atoms with Crippen molar-refractivity contribution in [2.75, 3.05) is 6.54 Å². The summed E-state index contributed by atoms with van der Waals surface area (Å²) in [5, 5.41) is 12.0. The fourth-order valence-corrected chi connectivity index (χ4v) is 7.80. The van der Waals surface area contributed by atoms with Gasteiger partial charge in [-0.05, 0) is 83.6 Å². The normalized spacial score (nSPS) is 12.6. The lowest BCUT2D eigenvalue weighted by Crippen LogP contribution is -2.40. The summed E-state index contributed by atoms with van der Waals surface area (Å²) in [6, 6.07) is -0.854. The molecule has 0 saturated carbocycles. The topological polar surface area (TPSA) is 119 Å². The van der Waals surface area contributed by atoms with Gasteiger partial charge in [-0.2, -0.15) is 0 Å². The second-order valence-corrected chi connectivity index (χ2v) is 17.2. The summed E-state index contributed by atoms with van der Waals surface area (Å²) < 4.78 is 6.08. The smallest absolute Gasteiger partial charge is 0.326 e. The first kappa shape index (κ1) is 55.1. The lowest BCUT2D eigenvalue weighted by Gasteiger charge is -2.18.